The Labute approximate surface area is 114 Å². The third kappa shape index (κ3) is 2.76. The zero-order valence-corrected chi connectivity index (χ0v) is 11.3. The number of hydrogen-bond donors (Lipinski definition) is 0. The first-order valence-corrected chi connectivity index (χ1v) is 6.78. The lowest BCUT2D eigenvalue weighted by Crippen LogP contribution is -2.38. The standard InChI is InChI=1S/C11H13N5O2S/c1-8-4-2-3-5-15(8)10-9(16(17)18)11(19-6-12)14-7-13-10/h7-8H,2-5H2,1H3. The molecule has 1 fully saturated rings. The minimum Gasteiger partial charge on any atom is -0.348 e. The molecule has 1 aromatic rings. The number of nitrogens with zero attached hydrogens (tertiary/aromatic N) is 5. The number of nitriles is 1. The number of thioether (sulfide) groups is 1. The molecule has 1 atom stereocenters. The second-order valence-electron chi connectivity index (χ2n) is 4.34. The molecule has 0 spiro atoms. The van der Waals surface area contributed by atoms with Gasteiger partial charge in [-0.15, -0.1) is 0 Å². The normalized spacial score (nSPS) is 18.9. The average molecular weight is 279 g/mol. The van der Waals surface area contributed by atoms with Crippen LogP contribution in [-0.4, -0.2) is 27.5 Å². The first kappa shape index (κ1) is 13.5. The zero-order chi connectivity index (χ0) is 13.8. The highest BCUT2D eigenvalue weighted by Crippen LogP contribution is 2.36. The molecule has 2 rings (SSSR count). The van der Waals surface area contributed by atoms with Crippen molar-refractivity contribution in [3.8, 4) is 5.40 Å². The Balaban J connectivity index is 2.47. The van der Waals surface area contributed by atoms with Crippen molar-refractivity contribution in [2.24, 2.45) is 0 Å². The third-order valence-corrected chi connectivity index (χ3v) is 3.75. The molecule has 0 saturated carbocycles. The van der Waals surface area contributed by atoms with Crippen LogP contribution < -0.4 is 4.90 Å². The molecule has 100 valence electrons. The van der Waals surface area contributed by atoms with Gasteiger partial charge < -0.3 is 4.90 Å². The lowest BCUT2D eigenvalue weighted by atomic mass is 10.0. The molecule has 7 nitrogen and oxygen atoms in total. The van der Waals surface area contributed by atoms with E-state index >= 15 is 0 Å². The molecule has 0 radical (unpaired) electrons. The van der Waals surface area contributed by atoms with Gasteiger partial charge in [0.05, 0.1) is 4.92 Å². The first-order valence-electron chi connectivity index (χ1n) is 5.97. The van der Waals surface area contributed by atoms with Crippen LogP contribution in [0.15, 0.2) is 11.4 Å². The van der Waals surface area contributed by atoms with E-state index in [1.165, 1.54) is 6.33 Å². The maximum Gasteiger partial charge on any atom is 0.344 e. The number of anilines is 1. The van der Waals surface area contributed by atoms with Gasteiger partial charge in [0.25, 0.3) is 0 Å². The fourth-order valence-corrected chi connectivity index (χ4v) is 2.70. The quantitative estimate of drug-likeness (QED) is 0.275. The van der Waals surface area contributed by atoms with E-state index in [4.69, 9.17) is 5.26 Å². The van der Waals surface area contributed by atoms with E-state index in [0.29, 0.717) is 17.6 Å². The molecule has 0 amide bonds. The number of nitro groups is 1. The van der Waals surface area contributed by atoms with Crippen molar-refractivity contribution in [1.29, 1.82) is 5.26 Å². The summed E-state index contributed by atoms with van der Waals surface area (Å²) in [6, 6.07) is 0.210. The lowest BCUT2D eigenvalue weighted by molar-refractivity contribution is -0.387. The Hall–Kier alpha value is -1.88. The smallest absolute Gasteiger partial charge is 0.344 e. The minimum atomic E-state index is -0.504. The van der Waals surface area contributed by atoms with Gasteiger partial charge in [0.2, 0.25) is 5.82 Å². The van der Waals surface area contributed by atoms with Gasteiger partial charge in [0.1, 0.15) is 11.7 Å². The summed E-state index contributed by atoms with van der Waals surface area (Å²) in [5.41, 5.74) is -0.164. The largest absolute Gasteiger partial charge is 0.348 e. The van der Waals surface area contributed by atoms with Crippen LogP contribution in [0.25, 0.3) is 0 Å². The van der Waals surface area contributed by atoms with Crippen LogP contribution >= 0.6 is 11.8 Å². The summed E-state index contributed by atoms with van der Waals surface area (Å²) in [7, 11) is 0. The van der Waals surface area contributed by atoms with Crippen LogP contribution in [0.2, 0.25) is 0 Å². The van der Waals surface area contributed by atoms with Gasteiger partial charge in [-0.1, -0.05) is 0 Å². The van der Waals surface area contributed by atoms with E-state index in [-0.39, 0.29) is 16.8 Å². The number of rotatable bonds is 3. The summed E-state index contributed by atoms with van der Waals surface area (Å²) < 4.78 is 0. The molecule has 1 unspecified atom stereocenters. The molecule has 1 aromatic heterocycles. The Morgan fingerprint density at radius 1 is 1.58 bits per heavy atom. The van der Waals surface area contributed by atoms with Crippen LogP contribution in [0.1, 0.15) is 26.2 Å². The molecular formula is C11H13N5O2S. The fraction of sp³-hybridized carbons (Fsp3) is 0.545. The summed E-state index contributed by atoms with van der Waals surface area (Å²) in [5, 5.41) is 21.9. The SMILES string of the molecule is CC1CCCCN1c1ncnc(SC#N)c1[N+](=O)[O-]. The van der Waals surface area contributed by atoms with Crippen LogP contribution in [0.5, 0.6) is 0 Å². The second-order valence-corrected chi connectivity index (χ2v) is 5.11. The maximum absolute atomic E-state index is 11.2. The number of piperidine rings is 1. The van der Waals surface area contributed by atoms with Crippen LogP contribution in [0.4, 0.5) is 11.5 Å². The summed E-state index contributed by atoms with van der Waals surface area (Å²) in [6.07, 6.45) is 4.38. The van der Waals surface area contributed by atoms with Gasteiger partial charge in [0, 0.05) is 24.3 Å². The van der Waals surface area contributed by atoms with Crippen LogP contribution in [-0.2, 0) is 0 Å². The van der Waals surface area contributed by atoms with Gasteiger partial charge in [-0.05, 0) is 26.2 Å². The second kappa shape index (κ2) is 5.84. The van der Waals surface area contributed by atoms with Crippen molar-refractivity contribution >= 4 is 23.3 Å². The monoisotopic (exact) mass is 279 g/mol. The van der Waals surface area contributed by atoms with Crippen molar-refractivity contribution < 1.29 is 4.92 Å². The molecule has 1 aliphatic rings. The molecule has 1 aliphatic heterocycles. The van der Waals surface area contributed by atoms with Crippen molar-refractivity contribution in [3.63, 3.8) is 0 Å². The molecule has 8 heteroatoms. The Morgan fingerprint density at radius 2 is 2.37 bits per heavy atom. The van der Waals surface area contributed by atoms with E-state index in [1.54, 1.807) is 0 Å². The molecule has 2 heterocycles. The van der Waals surface area contributed by atoms with E-state index in [9.17, 15) is 10.1 Å². The molecule has 0 bridgehead atoms. The summed E-state index contributed by atoms with van der Waals surface area (Å²) in [5.74, 6) is 0.324. The molecule has 0 N–H and O–H groups in total. The van der Waals surface area contributed by atoms with Gasteiger partial charge in [-0.3, -0.25) is 10.1 Å². The van der Waals surface area contributed by atoms with Crippen molar-refractivity contribution in [2.45, 2.75) is 37.3 Å². The topological polar surface area (TPSA) is 96.0 Å². The Kier molecular flexibility index (Phi) is 4.16. The first-order chi connectivity index (χ1) is 9.15. The highest BCUT2D eigenvalue weighted by atomic mass is 32.2. The molecule has 19 heavy (non-hydrogen) atoms. The van der Waals surface area contributed by atoms with Gasteiger partial charge in [0.15, 0.2) is 5.03 Å². The predicted molar refractivity (Wildman–Crippen MR) is 70.8 cm³/mol. The van der Waals surface area contributed by atoms with Crippen molar-refractivity contribution in [2.75, 3.05) is 11.4 Å². The highest BCUT2D eigenvalue weighted by Gasteiger charge is 2.30. The number of thiocyanates is 1. The van der Waals surface area contributed by atoms with Crippen LogP contribution in [0.3, 0.4) is 0 Å². The molecule has 1 saturated heterocycles. The molecular weight excluding hydrogens is 266 g/mol. The van der Waals surface area contributed by atoms with Gasteiger partial charge >= 0.3 is 5.69 Å². The lowest BCUT2D eigenvalue weighted by Gasteiger charge is -2.33. The highest BCUT2D eigenvalue weighted by molar-refractivity contribution is 8.03. The Morgan fingerprint density at radius 3 is 3.00 bits per heavy atom. The Bertz CT molecular complexity index is 530. The number of hydrogen-bond acceptors (Lipinski definition) is 7. The van der Waals surface area contributed by atoms with Gasteiger partial charge in [-0.25, -0.2) is 9.97 Å². The number of aromatic nitrogens is 2. The van der Waals surface area contributed by atoms with E-state index in [2.05, 4.69) is 9.97 Å². The molecule has 0 aromatic carbocycles. The van der Waals surface area contributed by atoms with Gasteiger partial charge in [-0.2, -0.15) is 5.26 Å². The molecule has 0 aliphatic carbocycles. The van der Waals surface area contributed by atoms with Crippen molar-refractivity contribution in [3.05, 3.63) is 16.4 Å². The summed E-state index contributed by atoms with van der Waals surface area (Å²) in [6.45, 7) is 2.78. The van der Waals surface area contributed by atoms with Crippen LogP contribution in [0, 0.1) is 20.8 Å². The summed E-state index contributed by atoms with van der Waals surface area (Å²) >= 11 is 0.696. The average Bonchev–Trinajstić information content (AvgIpc) is 2.39. The summed E-state index contributed by atoms with van der Waals surface area (Å²) in [4.78, 5) is 20.6. The third-order valence-electron chi connectivity index (χ3n) is 3.17. The predicted octanol–water partition coefficient (Wildman–Crippen LogP) is 2.34. The fourth-order valence-electron chi connectivity index (χ4n) is 2.25. The van der Waals surface area contributed by atoms with Crippen molar-refractivity contribution in [1.82, 2.24) is 9.97 Å². The minimum absolute atomic E-state index is 0.107. The zero-order valence-electron chi connectivity index (χ0n) is 10.4. The van der Waals surface area contributed by atoms with E-state index in [1.807, 2.05) is 17.2 Å². The maximum atomic E-state index is 11.2. The van der Waals surface area contributed by atoms with E-state index < -0.39 is 4.92 Å². The van der Waals surface area contributed by atoms with E-state index in [0.717, 1.165) is 25.8 Å².